The average Bonchev–Trinajstić information content (AvgIpc) is 2.40. The van der Waals surface area contributed by atoms with Crippen LogP contribution in [0.5, 0.6) is 0 Å². The van der Waals surface area contributed by atoms with Crippen LogP contribution in [0.2, 0.25) is 0 Å². The quantitative estimate of drug-likeness (QED) is 0.235. The lowest BCUT2D eigenvalue weighted by atomic mass is 10.0. The molecule has 2 unspecified atom stereocenters. The van der Waals surface area contributed by atoms with E-state index < -0.39 is 37.0 Å². The van der Waals surface area contributed by atoms with E-state index in [-0.39, 0.29) is 24.2 Å². The summed E-state index contributed by atoms with van der Waals surface area (Å²) in [5.41, 5.74) is -0.114. The molecule has 0 aromatic carbocycles. The van der Waals surface area contributed by atoms with Gasteiger partial charge in [0, 0.05) is 25.2 Å². The molecular formula is C12H20N2O8. The molecule has 126 valence electrons. The summed E-state index contributed by atoms with van der Waals surface area (Å²) in [6.45, 7) is 0. The Hall–Kier alpha value is -1.24. The molecule has 0 saturated carbocycles. The molecule has 0 aliphatic carbocycles. The van der Waals surface area contributed by atoms with Crippen molar-refractivity contribution in [1.82, 2.24) is 9.97 Å². The lowest BCUT2D eigenvalue weighted by molar-refractivity contribution is -0.317. The second kappa shape index (κ2) is 7.35. The number of hydrogen-bond donors (Lipinski definition) is 8. The zero-order valence-corrected chi connectivity index (χ0v) is 11.6. The van der Waals surface area contributed by atoms with Gasteiger partial charge in [-0.25, -0.2) is 0 Å². The van der Waals surface area contributed by atoms with Crippen LogP contribution in [0.1, 0.15) is 49.3 Å². The number of aliphatic hydroxyl groups is 8. The monoisotopic (exact) mass is 320 g/mol. The second-order valence-corrected chi connectivity index (χ2v) is 4.98. The van der Waals surface area contributed by atoms with Gasteiger partial charge >= 0.3 is 0 Å². The summed E-state index contributed by atoms with van der Waals surface area (Å²) >= 11 is 0. The minimum Gasteiger partial charge on any atom is -0.387 e. The first kappa shape index (κ1) is 18.8. The highest BCUT2D eigenvalue weighted by atomic mass is 16.7. The zero-order valence-electron chi connectivity index (χ0n) is 11.6. The number of hydrogen-bond acceptors (Lipinski definition) is 10. The van der Waals surface area contributed by atoms with Gasteiger partial charge in [0.05, 0.1) is 23.6 Å². The third kappa shape index (κ3) is 6.68. The average molecular weight is 320 g/mol. The summed E-state index contributed by atoms with van der Waals surface area (Å²) in [7, 11) is 0. The van der Waals surface area contributed by atoms with E-state index in [4.69, 9.17) is 30.6 Å². The van der Waals surface area contributed by atoms with Crippen molar-refractivity contribution in [1.29, 1.82) is 0 Å². The Bertz CT molecular complexity index is 428. The van der Waals surface area contributed by atoms with Gasteiger partial charge in [-0.1, -0.05) is 0 Å². The number of rotatable bonds is 8. The van der Waals surface area contributed by atoms with Crippen molar-refractivity contribution >= 4 is 0 Å². The van der Waals surface area contributed by atoms with Crippen LogP contribution in [0.25, 0.3) is 0 Å². The third-order valence-corrected chi connectivity index (χ3v) is 2.89. The third-order valence-electron chi connectivity index (χ3n) is 2.89. The predicted molar refractivity (Wildman–Crippen MR) is 69.2 cm³/mol. The SMILES string of the molecule is OC(CCC(O)(O)O)c1nccnc1C(O)CCC(O)(O)O. The van der Waals surface area contributed by atoms with E-state index in [1.807, 2.05) is 0 Å². The van der Waals surface area contributed by atoms with Crippen LogP contribution in [-0.4, -0.2) is 62.8 Å². The lowest BCUT2D eigenvalue weighted by Gasteiger charge is -2.20. The minimum atomic E-state index is -2.94. The molecule has 0 saturated heterocycles. The van der Waals surface area contributed by atoms with Gasteiger partial charge in [0.15, 0.2) is 0 Å². The Labute approximate surface area is 125 Å². The van der Waals surface area contributed by atoms with Gasteiger partial charge < -0.3 is 40.9 Å². The first-order chi connectivity index (χ1) is 9.99. The first-order valence-electron chi connectivity index (χ1n) is 6.51. The van der Waals surface area contributed by atoms with Crippen molar-refractivity contribution in [3.8, 4) is 0 Å². The Kier molecular flexibility index (Phi) is 6.28. The number of aromatic nitrogens is 2. The van der Waals surface area contributed by atoms with Gasteiger partial charge in [0.2, 0.25) is 0 Å². The molecule has 0 bridgehead atoms. The first-order valence-corrected chi connectivity index (χ1v) is 6.51. The normalized spacial score (nSPS) is 15.6. The Morgan fingerprint density at radius 3 is 1.32 bits per heavy atom. The highest BCUT2D eigenvalue weighted by Gasteiger charge is 2.27. The summed E-state index contributed by atoms with van der Waals surface area (Å²) in [4.78, 5) is 7.68. The summed E-state index contributed by atoms with van der Waals surface area (Å²) in [6.07, 6.45) is -1.86. The summed E-state index contributed by atoms with van der Waals surface area (Å²) in [5, 5.41) is 72.7. The smallest absolute Gasteiger partial charge is 0.275 e. The van der Waals surface area contributed by atoms with E-state index in [9.17, 15) is 10.2 Å². The Morgan fingerprint density at radius 2 is 1.05 bits per heavy atom. The number of nitrogens with zero attached hydrogens (tertiary/aromatic N) is 2. The zero-order chi connectivity index (χ0) is 17.0. The van der Waals surface area contributed by atoms with E-state index in [0.29, 0.717) is 0 Å². The Balaban J connectivity index is 2.80. The molecule has 10 nitrogen and oxygen atoms in total. The van der Waals surface area contributed by atoms with Crippen molar-refractivity contribution < 1.29 is 40.9 Å². The molecule has 1 aromatic rings. The van der Waals surface area contributed by atoms with E-state index in [1.54, 1.807) is 0 Å². The van der Waals surface area contributed by atoms with Crippen LogP contribution in [0.15, 0.2) is 12.4 Å². The molecule has 8 N–H and O–H groups in total. The lowest BCUT2D eigenvalue weighted by Crippen LogP contribution is -2.28. The fourth-order valence-corrected chi connectivity index (χ4v) is 1.81. The van der Waals surface area contributed by atoms with Crippen LogP contribution in [0.4, 0.5) is 0 Å². The van der Waals surface area contributed by atoms with E-state index >= 15 is 0 Å². The van der Waals surface area contributed by atoms with Crippen molar-refractivity contribution in [2.75, 3.05) is 0 Å². The molecule has 1 aromatic heterocycles. The molecule has 2 atom stereocenters. The van der Waals surface area contributed by atoms with Crippen LogP contribution in [0, 0.1) is 0 Å². The molecule has 22 heavy (non-hydrogen) atoms. The van der Waals surface area contributed by atoms with Crippen molar-refractivity contribution in [2.24, 2.45) is 0 Å². The van der Waals surface area contributed by atoms with E-state index in [1.165, 1.54) is 12.4 Å². The van der Waals surface area contributed by atoms with Gasteiger partial charge in [-0.3, -0.25) is 9.97 Å². The van der Waals surface area contributed by atoms with Crippen LogP contribution in [-0.2, 0) is 0 Å². The Morgan fingerprint density at radius 1 is 0.727 bits per heavy atom. The highest BCUT2D eigenvalue weighted by molar-refractivity contribution is 5.16. The molecular weight excluding hydrogens is 300 g/mol. The topological polar surface area (TPSA) is 188 Å². The largest absolute Gasteiger partial charge is 0.387 e. The van der Waals surface area contributed by atoms with Crippen molar-refractivity contribution in [3.05, 3.63) is 23.8 Å². The van der Waals surface area contributed by atoms with Gasteiger partial charge in [-0.15, -0.1) is 0 Å². The minimum absolute atomic E-state index is 0.0568. The number of aliphatic hydroxyl groups excluding tert-OH is 2. The second-order valence-electron chi connectivity index (χ2n) is 4.98. The summed E-state index contributed by atoms with van der Waals surface area (Å²) in [6, 6.07) is 0. The van der Waals surface area contributed by atoms with E-state index in [0.717, 1.165) is 0 Å². The molecule has 0 aliphatic rings. The molecule has 1 heterocycles. The molecule has 1 rings (SSSR count). The maximum absolute atomic E-state index is 9.95. The fraction of sp³-hybridized carbons (Fsp3) is 0.667. The molecule has 0 fully saturated rings. The molecule has 10 heteroatoms. The van der Waals surface area contributed by atoms with Crippen molar-refractivity contribution in [2.45, 2.75) is 49.8 Å². The van der Waals surface area contributed by atoms with Gasteiger partial charge in [0.25, 0.3) is 11.9 Å². The molecule has 0 amide bonds. The van der Waals surface area contributed by atoms with E-state index in [2.05, 4.69) is 9.97 Å². The standard InChI is InChI=1S/C12H20N2O8/c15-7(1-3-11(17,18)19)9-10(14-6-5-13-9)8(16)2-4-12(20,21)22/h5-8,15-22H,1-4H2. The fourth-order valence-electron chi connectivity index (χ4n) is 1.81. The maximum atomic E-state index is 9.95. The summed E-state index contributed by atoms with van der Waals surface area (Å²) < 4.78 is 0. The van der Waals surface area contributed by atoms with Crippen molar-refractivity contribution in [3.63, 3.8) is 0 Å². The summed E-state index contributed by atoms with van der Waals surface area (Å²) in [5.74, 6) is -5.88. The molecule has 0 aliphatic heterocycles. The maximum Gasteiger partial charge on any atom is 0.275 e. The molecule has 0 radical (unpaired) electrons. The van der Waals surface area contributed by atoms with Gasteiger partial charge in [-0.2, -0.15) is 0 Å². The van der Waals surface area contributed by atoms with Crippen LogP contribution in [0.3, 0.4) is 0 Å². The highest BCUT2D eigenvalue weighted by Crippen LogP contribution is 2.27. The molecule has 0 spiro atoms. The predicted octanol–water partition coefficient (Wildman–Crippen LogP) is -2.63. The van der Waals surface area contributed by atoms with Gasteiger partial charge in [-0.05, 0) is 12.8 Å². The van der Waals surface area contributed by atoms with Crippen LogP contribution >= 0.6 is 0 Å². The van der Waals surface area contributed by atoms with Gasteiger partial charge in [0.1, 0.15) is 0 Å². The van der Waals surface area contributed by atoms with Crippen LogP contribution < -0.4 is 0 Å².